The van der Waals surface area contributed by atoms with Crippen molar-refractivity contribution < 1.29 is 8.42 Å². The van der Waals surface area contributed by atoms with Crippen molar-refractivity contribution >= 4 is 21.1 Å². The summed E-state index contributed by atoms with van der Waals surface area (Å²) in [6, 6.07) is 8.12. The summed E-state index contributed by atoms with van der Waals surface area (Å²) in [6.45, 7) is 5.45. The molecule has 0 N–H and O–H groups in total. The van der Waals surface area contributed by atoms with Crippen LogP contribution in [0.3, 0.4) is 0 Å². The lowest BCUT2D eigenvalue weighted by Crippen LogP contribution is -2.49. The Labute approximate surface area is 144 Å². The smallest absolute Gasteiger partial charge is 0.214 e. The molecule has 6 nitrogen and oxygen atoms in total. The van der Waals surface area contributed by atoms with Gasteiger partial charge in [0.05, 0.1) is 23.3 Å². The number of sulfonamides is 1. The third kappa shape index (κ3) is 3.63. The normalized spacial score (nSPS) is 17.6. The zero-order chi connectivity index (χ0) is 17.2. The summed E-state index contributed by atoms with van der Waals surface area (Å²) in [5.41, 5.74) is 2.14. The van der Waals surface area contributed by atoms with Crippen molar-refractivity contribution in [1.29, 1.82) is 0 Å². The highest BCUT2D eigenvalue weighted by Gasteiger charge is 2.26. The average molecular weight is 350 g/mol. The fourth-order valence-corrected chi connectivity index (χ4v) is 4.79. The fourth-order valence-electron chi connectivity index (χ4n) is 3.16. The first-order chi connectivity index (χ1) is 11.5. The van der Waals surface area contributed by atoms with E-state index in [1.54, 1.807) is 4.31 Å². The Bertz CT molecular complexity index is 792. The van der Waals surface area contributed by atoms with Gasteiger partial charge < -0.3 is 4.57 Å². The number of unbranched alkanes of at least 4 members (excludes halogenated alkanes) is 1. The molecular weight excluding hydrogens is 324 g/mol. The summed E-state index contributed by atoms with van der Waals surface area (Å²) < 4.78 is 28.3. The number of fused-ring (bicyclic) bond motifs is 1. The number of rotatable bonds is 6. The van der Waals surface area contributed by atoms with Crippen LogP contribution in [-0.2, 0) is 23.6 Å². The molecule has 0 atom stereocenters. The first-order valence-corrected chi connectivity index (χ1v) is 10.2. The molecule has 1 aliphatic rings. The molecule has 0 amide bonds. The molecule has 0 radical (unpaired) electrons. The first-order valence-electron chi connectivity index (χ1n) is 8.62. The van der Waals surface area contributed by atoms with Crippen LogP contribution in [0.1, 0.15) is 25.6 Å². The number of hydrogen-bond acceptors (Lipinski definition) is 4. The third-order valence-electron chi connectivity index (χ3n) is 4.73. The van der Waals surface area contributed by atoms with Crippen LogP contribution in [0.15, 0.2) is 24.3 Å². The second-order valence-electron chi connectivity index (χ2n) is 6.42. The standard InChI is InChI=1S/C17H26N4O2S/c1-3-4-13-24(22,23)21-11-9-20(10-12-21)14-17-18-15-7-5-6-8-16(15)19(17)2/h5-8H,3-4,9-14H2,1-2H3. The SMILES string of the molecule is CCCCS(=O)(=O)N1CCN(Cc2nc3ccccc3n2C)CC1. The first kappa shape index (κ1) is 17.4. The maximum absolute atomic E-state index is 12.3. The molecule has 0 bridgehead atoms. The fraction of sp³-hybridized carbons (Fsp3) is 0.588. The van der Waals surface area contributed by atoms with Gasteiger partial charge in [-0.1, -0.05) is 25.5 Å². The Morgan fingerprint density at radius 3 is 2.50 bits per heavy atom. The summed E-state index contributed by atoms with van der Waals surface area (Å²) >= 11 is 0. The predicted molar refractivity (Wildman–Crippen MR) is 96.3 cm³/mol. The quantitative estimate of drug-likeness (QED) is 0.797. The number of aromatic nitrogens is 2. The number of para-hydroxylation sites is 2. The van der Waals surface area contributed by atoms with Crippen molar-refractivity contribution in [3.63, 3.8) is 0 Å². The molecule has 1 aromatic carbocycles. The number of benzene rings is 1. The molecule has 3 rings (SSSR count). The highest BCUT2D eigenvalue weighted by molar-refractivity contribution is 7.89. The van der Waals surface area contributed by atoms with Gasteiger partial charge in [0.15, 0.2) is 0 Å². The Morgan fingerprint density at radius 2 is 1.83 bits per heavy atom. The zero-order valence-electron chi connectivity index (χ0n) is 14.5. The largest absolute Gasteiger partial charge is 0.330 e. The van der Waals surface area contributed by atoms with E-state index in [9.17, 15) is 8.42 Å². The molecule has 7 heteroatoms. The highest BCUT2D eigenvalue weighted by Crippen LogP contribution is 2.17. The van der Waals surface area contributed by atoms with Crippen LogP contribution >= 0.6 is 0 Å². The lowest BCUT2D eigenvalue weighted by atomic mass is 10.3. The van der Waals surface area contributed by atoms with E-state index < -0.39 is 10.0 Å². The summed E-state index contributed by atoms with van der Waals surface area (Å²) in [5, 5.41) is 0. The lowest BCUT2D eigenvalue weighted by molar-refractivity contribution is 0.177. The molecule has 2 heterocycles. The van der Waals surface area contributed by atoms with Gasteiger partial charge >= 0.3 is 0 Å². The van der Waals surface area contributed by atoms with Crippen LogP contribution in [-0.4, -0.2) is 59.1 Å². The van der Waals surface area contributed by atoms with E-state index in [-0.39, 0.29) is 5.75 Å². The molecule has 0 unspecified atom stereocenters. The van der Waals surface area contributed by atoms with Crippen LogP contribution in [0.2, 0.25) is 0 Å². The van der Waals surface area contributed by atoms with Crippen molar-refractivity contribution in [1.82, 2.24) is 18.8 Å². The van der Waals surface area contributed by atoms with Gasteiger partial charge in [-0.25, -0.2) is 13.4 Å². The van der Waals surface area contributed by atoms with Crippen LogP contribution in [0.5, 0.6) is 0 Å². The van der Waals surface area contributed by atoms with Gasteiger partial charge in [0.1, 0.15) is 5.82 Å². The molecule has 132 valence electrons. The topological polar surface area (TPSA) is 58.4 Å². The number of piperazine rings is 1. The van der Waals surface area contributed by atoms with E-state index in [1.165, 1.54) is 0 Å². The monoisotopic (exact) mass is 350 g/mol. The van der Waals surface area contributed by atoms with Crippen molar-refractivity contribution in [3.8, 4) is 0 Å². The molecule has 1 saturated heterocycles. The molecule has 0 aliphatic carbocycles. The molecule has 2 aromatic rings. The summed E-state index contributed by atoms with van der Waals surface area (Å²) in [7, 11) is -1.05. The molecule has 1 fully saturated rings. The van der Waals surface area contributed by atoms with E-state index in [1.807, 2.05) is 32.2 Å². The van der Waals surface area contributed by atoms with E-state index >= 15 is 0 Å². The average Bonchev–Trinajstić information content (AvgIpc) is 2.90. The van der Waals surface area contributed by atoms with Crippen molar-refractivity contribution in [2.24, 2.45) is 7.05 Å². The second-order valence-corrected chi connectivity index (χ2v) is 8.51. The molecule has 1 aromatic heterocycles. The van der Waals surface area contributed by atoms with Crippen LogP contribution in [0.25, 0.3) is 11.0 Å². The summed E-state index contributed by atoms with van der Waals surface area (Å²) in [6.07, 6.45) is 1.65. The van der Waals surface area contributed by atoms with Gasteiger partial charge in [-0.15, -0.1) is 0 Å². The Kier molecular flexibility index (Phi) is 5.22. The number of imidazole rings is 1. The highest BCUT2D eigenvalue weighted by atomic mass is 32.2. The van der Waals surface area contributed by atoms with Gasteiger partial charge in [0.25, 0.3) is 0 Å². The van der Waals surface area contributed by atoms with E-state index in [0.717, 1.165) is 49.3 Å². The third-order valence-corrected chi connectivity index (χ3v) is 6.68. The van der Waals surface area contributed by atoms with Crippen LogP contribution in [0, 0.1) is 0 Å². The number of hydrogen-bond donors (Lipinski definition) is 0. The molecular formula is C17H26N4O2S. The van der Waals surface area contributed by atoms with Crippen LogP contribution in [0.4, 0.5) is 0 Å². The van der Waals surface area contributed by atoms with Gasteiger partial charge in [-0.2, -0.15) is 4.31 Å². The van der Waals surface area contributed by atoms with E-state index in [0.29, 0.717) is 13.1 Å². The van der Waals surface area contributed by atoms with Gasteiger partial charge in [0, 0.05) is 33.2 Å². The number of aryl methyl sites for hydroxylation is 1. The molecule has 1 aliphatic heterocycles. The van der Waals surface area contributed by atoms with Gasteiger partial charge in [-0.05, 0) is 18.6 Å². The molecule has 0 saturated carbocycles. The summed E-state index contributed by atoms with van der Waals surface area (Å²) in [4.78, 5) is 6.99. The minimum atomic E-state index is -3.08. The zero-order valence-corrected chi connectivity index (χ0v) is 15.3. The maximum Gasteiger partial charge on any atom is 0.214 e. The maximum atomic E-state index is 12.3. The molecule has 24 heavy (non-hydrogen) atoms. The Morgan fingerprint density at radius 1 is 1.12 bits per heavy atom. The minimum Gasteiger partial charge on any atom is -0.330 e. The predicted octanol–water partition coefficient (Wildman–Crippen LogP) is 1.82. The van der Waals surface area contributed by atoms with Gasteiger partial charge in [0.2, 0.25) is 10.0 Å². The molecule has 0 spiro atoms. The summed E-state index contributed by atoms with van der Waals surface area (Å²) in [5.74, 6) is 1.30. The van der Waals surface area contributed by atoms with Crippen LogP contribution < -0.4 is 0 Å². The Balaban J connectivity index is 1.62. The van der Waals surface area contributed by atoms with E-state index in [2.05, 4.69) is 15.5 Å². The van der Waals surface area contributed by atoms with Crippen molar-refractivity contribution in [3.05, 3.63) is 30.1 Å². The van der Waals surface area contributed by atoms with Crippen molar-refractivity contribution in [2.45, 2.75) is 26.3 Å². The van der Waals surface area contributed by atoms with E-state index in [4.69, 9.17) is 4.98 Å². The second kappa shape index (κ2) is 7.21. The minimum absolute atomic E-state index is 0.272. The van der Waals surface area contributed by atoms with Gasteiger partial charge in [-0.3, -0.25) is 4.90 Å². The number of nitrogens with zero attached hydrogens (tertiary/aromatic N) is 4. The Hall–Kier alpha value is -1.44. The lowest BCUT2D eigenvalue weighted by Gasteiger charge is -2.33. The van der Waals surface area contributed by atoms with Crippen molar-refractivity contribution in [2.75, 3.05) is 31.9 Å².